The first-order valence-corrected chi connectivity index (χ1v) is 14.7. The minimum absolute atomic E-state index is 0.965. The molecule has 0 N–H and O–H groups in total. The Morgan fingerprint density at radius 3 is 1.50 bits per heavy atom. The van der Waals surface area contributed by atoms with Crippen LogP contribution in [0.5, 0.6) is 11.5 Å². The zero-order valence-electron chi connectivity index (χ0n) is 15.4. The third-order valence-electron chi connectivity index (χ3n) is 3.61. The number of hydrogen-bond donors (Lipinski definition) is 0. The van der Waals surface area contributed by atoms with Gasteiger partial charge in [0.05, 0.1) is 31.2 Å². The molecule has 2 nitrogen and oxygen atoms in total. The van der Waals surface area contributed by atoms with E-state index in [1.807, 2.05) is 82.7 Å². The Hall–Kier alpha value is 0.320. The van der Waals surface area contributed by atoms with Crippen molar-refractivity contribution in [2.75, 3.05) is 14.2 Å². The molecule has 0 fully saturated rings. The van der Waals surface area contributed by atoms with Gasteiger partial charge in [-0.2, -0.15) is 0 Å². The predicted molar refractivity (Wildman–Crippen MR) is 136 cm³/mol. The maximum Gasteiger partial charge on any atom is 0.143 e. The third-order valence-corrected chi connectivity index (χ3v) is 14.4. The van der Waals surface area contributed by atoms with E-state index < -0.39 is 0 Å². The lowest BCUT2D eigenvalue weighted by Crippen LogP contribution is -1.80. The van der Waals surface area contributed by atoms with E-state index in [4.69, 9.17) is 9.47 Å². The van der Waals surface area contributed by atoms with E-state index >= 15 is 0 Å². The van der Waals surface area contributed by atoms with Gasteiger partial charge in [-0.3, -0.25) is 0 Å². The SMILES string of the molecule is COc1ccsc1SC1=C(C)S/C(=C2\SC(C)=C(Sc3sccc3OC)S2)S1. The minimum atomic E-state index is 0.965. The predicted octanol–water partition coefficient (Wildman–Crippen LogP) is 9.18. The second-order valence-corrected chi connectivity index (χ2v) is 15.3. The number of rotatable bonds is 6. The van der Waals surface area contributed by atoms with Crippen LogP contribution < -0.4 is 9.47 Å². The lowest BCUT2D eigenvalue weighted by molar-refractivity contribution is 0.408. The van der Waals surface area contributed by atoms with Crippen LogP contribution in [0.15, 0.2) is 58.1 Å². The van der Waals surface area contributed by atoms with Gasteiger partial charge in [-0.25, -0.2) is 0 Å². The molecule has 0 saturated carbocycles. The van der Waals surface area contributed by atoms with Crippen LogP contribution in [-0.2, 0) is 0 Å². The van der Waals surface area contributed by atoms with Crippen molar-refractivity contribution in [1.29, 1.82) is 0 Å². The van der Waals surface area contributed by atoms with Crippen LogP contribution in [0.4, 0.5) is 0 Å². The summed E-state index contributed by atoms with van der Waals surface area (Å²) in [7, 11) is 3.47. The van der Waals surface area contributed by atoms with E-state index in [1.165, 1.54) is 35.2 Å². The molecule has 2 aromatic heterocycles. The lowest BCUT2D eigenvalue weighted by Gasteiger charge is -2.05. The molecule has 2 aliphatic heterocycles. The van der Waals surface area contributed by atoms with Gasteiger partial charge in [0.1, 0.15) is 19.9 Å². The number of methoxy groups -OCH3 is 2. The maximum absolute atomic E-state index is 5.47. The molecule has 0 aromatic carbocycles. The highest BCUT2D eigenvalue weighted by Gasteiger charge is 2.29. The molecule has 0 bridgehead atoms. The van der Waals surface area contributed by atoms with Crippen LogP contribution in [0.25, 0.3) is 0 Å². The number of ether oxygens (including phenoxy) is 2. The quantitative estimate of drug-likeness (QED) is 0.370. The summed E-state index contributed by atoms with van der Waals surface area (Å²) in [4.78, 5) is 2.74. The lowest BCUT2D eigenvalue weighted by atomic mass is 10.6. The molecule has 0 unspecified atom stereocenters. The van der Waals surface area contributed by atoms with Crippen LogP contribution in [0, 0.1) is 0 Å². The molecule has 10 heteroatoms. The van der Waals surface area contributed by atoms with Crippen molar-refractivity contribution in [2.45, 2.75) is 22.3 Å². The summed E-state index contributed by atoms with van der Waals surface area (Å²) in [5, 5.41) is 4.17. The van der Waals surface area contributed by atoms with E-state index in [2.05, 4.69) is 24.6 Å². The number of hydrogen-bond acceptors (Lipinski definition) is 10. The van der Waals surface area contributed by atoms with Crippen LogP contribution >= 0.6 is 93.2 Å². The van der Waals surface area contributed by atoms with Crippen molar-refractivity contribution in [1.82, 2.24) is 0 Å². The molecular weight excluding hydrogens is 505 g/mol. The molecule has 28 heavy (non-hydrogen) atoms. The smallest absolute Gasteiger partial charge is 0.143 e. The fourth-order valence-corrected chi connectivity index (χ4v) is 13.0. The van der Waals surface area contributed by atoms with Gasteiger partial charge in [0.2, 0.25) is 0 Å². The fourth-order valence-electron chi connectivity index (χ4n) is 2.25. The highest BCUT2D eigenvalue weighted by Crippen LogP contribution is 2.65. The van der Waals surface area contributed by atoms with Gasteiger partial charge in [-0.15, -0.1) is 22.7 Å². The average Bonchev–Trinajstić information content (AvgIpc) is 3.45. The molecule has 0 radical (unpaired) electrons. The molecule has 2 aliphatic rings. The van der Waals surface area contributed by atoms with Gasteiger partial charge < -0.3 is 9.47 Å². The first-order chi connectivity index (χ1) is 13.6. The summed E-state index contributed by atoms with van der Waals surface area (Å²) in [6.07, 6.45) is 0. The molecule has 148 valence electrons. The largest absolute Gasteiger partial charge is 0.495 e. The van der Waals surface area contributed by atoms with Gasteiger partial charge in [0.25, 0.3) is 0 Å². The molecule has 4 rings (SSSR count). The average molecular weight is 521 g/mol. The van der Waals surface area contributed by atoms with Gasteiger partial charge >= 0.3 is 0 Å². The highest BCUT2D eigenvalue weighted by molar-refractivity contribution is 8.40. The second kappa shape index (κ2) is 9.64. The maximum atomic E-state index is 5.47. The van der Waals surface area contributed by atoms with E-state index in [0.717, 1.165) is 11.5 Å². The Kier molecular flexibility index (Phi) is 7.41. The monoisotopic (exact) mass is 520 g/mol. The van der Waals surface area contributed by atoms with Crippen molar-refractivity contribution in [3.05, 3.63) is 49.7 Å². The fraction of sp³-hybridized carbons (Fsp3) is 0.222. The van der Waals surface area contributed by atoms with Crippen molar-refractivity contribution >= 4 is 93.2 Å². The molecule has 0 spiro atoms. The van der Waals surface area contributed by atoms with Crippen LogP contribution in [0.1, 0.15) is 13.8 Å². The van der Waals surface area contributed by atoms with Crippen LogP contribution in [-0.4, -0.2) is 14.2 Å². The van der Waals surface area contributed by atoms with Gasteiger partial charge in [-0.05, 0) is 36.7 Å². The Bertz CT molecular complexity index is 903. The van der Waals surface area contributed by atoms with Crippen molar-refractivity contribution in [3.8, 4) is 11.5 Å². The molecule has 0 aliphatic carbocycles. The first-order valence-electron chi connectivity index (χ1n) is 8.05. The number of thioether (sulfide) groups is 6. The van der Waals surface area contributed by atoms with Crippen LogP contribution in [0.3, 0.4) is 0 Å². The normalized spacial score (nSPS) is 19.9. The Labute approximate surface area is 198 Å². The summed E-state index contributed by atoms with van der Waals surface area (Å²) >= 11 is 14.7. The van der Waals surface area contributed by atoms with E-state index in [0.29, 0.717) is 0 Å². The van der Waals surface area contributed by atoms with Crippen molar-refractivity contribution in [2.24, 2.45) is 0 Å². The van der Waals surface area contributed by atoms with Gasteiger partial charge in [0.15, 0.2) is 0 Å². The minimum Gasteiger partial charge on any atom is -0.495 e. The zero-order chi connectivity index (χ0) is 19.7. The summed E-state index contributed by atoms with van der Waals surface area (Å²) in [5.41, 5.74) is 0. The highest BCUT2D eigenvalue weighted by atomic mass is 32.3. The van der Waals surface area contributed by atoms with Crippen LogP contribution in [0.2, 0.25) is 0 Å². The van der Waals surface area contributed by atoms with Gasteiger partial charge in [-0.1, -0.05) is 70.6 Å². The van der Waals surface area contributed by atoms with Crippen molar-refractivity contribution < 1.29 is 9.47 Å². The number of thiophene rings is 2. The Morgan fingerprint density at radius 1 is 0.679 bits per heavy atom. The third kappa shape index (κ3) is 4.64. The molecule has 0 saturated heterocycles. The van der Waals surface area contributed by atoms with Gasteiger partial charge in [0, 0.05) is 9.81 Å². The summed E-state index contributed by atoms with van der Waals surface area (Å²) < 4.78 is 18.9. The van der Waals surface area contributed by atoms with E-state index in [1.54, 1.807) is 36.9 Å². The Morgan fingerprint density at radius 2 is 1.11 bits per heavy atom. The van der Waals surface area contributed by atoms with Crippen molar-refractivity contribution in [3.63, 3.8) is 0 Å². The zero-order valence-corrected chi connectivity index (χ0v) is 21.9. The second-order valence-electron chi connectivity index (χ2n) is 5.43. The van der Waals surface area contributed by atoms with E-state index in [9.17, 15) is 0 Å². The Balaban J connectivity index is 1.45. The summed E-state index contributed by atoms with van der Waals surface area (Å²) in [5.74, 6) is 1.93. The number of allylic oxidation sites excluding steroid dienone is 2. The first kappa shape index (κ1) is 21.5. The molecule has 0 amide bonds. The molecule has 4 heterocycles. The summed E-state index contributed by atoms with van der Waals surface area (Å²) in [6.45, 7) is 4.43. The standard InChI is InChI=1S/C18H16O2S8/c1-9-13(25-15-11(19-3)5-7-21-15)27-17(23-9)18-24-10(2)14(28-18)26-16-12(20-4)6-8-22-16/h5-8H,1-4H3/b18-17-. The molecule has 0 atom stereocenters. The summed E-state index contributed by atoms with van der Waals surface area (Å²) in [6, 6.07) is 4.07. The molecule has 2 aromatic rings. The molecular formula is C18H16O2S8. The van der Waals surface area contributed by atoms with E-state index in [-0.39, 0.29) is 0 Å². The topological polar surface area (TPSA) is 18.5 Å².